The first-order valence-electron chi connectivity index (χ1n) is 16.3. The average Bonchev–Trinajstić information content (AvgIpc) is 3.55. The van der Waals surface area contributed by atoms with E-state index in [1.165, 1.54) is 70.0 Å². The Morgan fingerprint density at radius 2 is 0.833 bits per heavy atom. The first-order chi connectivity index (χ1) is 23.8. The summed E-state index contributed by atoms with van der Waals surface area (Å²) in [5.41, 5.74) is 10.7. The van der Waals surface area contributed by atoms with Crippen LogP contribution in [0, 0.1) is 0 Å². The fraction of sp³-hybridized carbons (Fsp3) is 0. The molecule has 9 aromatic rings. The molecule has 2 heteroatoms. The van der Waals surface area contributed by atoms with Crippen molar-refractivity contribution >= 4 is 59.3 Å². The molecule has 0 unspecified atom stereocenters. The fourth-order valence-corrected chi connectivity index (χ4v) is 8.00. The Labute approximate surface area is 284 Å². The summed E-state index contributed by atoms with van der Waals surface area (Å²) >= 11 is 1.86. The van der Waals surface area contributed by atoms with E-state index in [2.05, 4.69) is 193 Å². The number of anilines is 3. The SMILES string of the molecule is c1ccc(-c2ccc(-c3ccc(N(c4ccc(-c5ccc6ccccc6c5)cc4)c4cccc5c4sc4ccccc45)cc3)cc2)cc1. The first-order valence-corrected chi connectivity index (χ1v) is 17.2. The molecule has 8 aromatic carbocycles. The molecular formula is C46H31NS. The molecule has 0 N–H and O–H groups in total. The van der Waals surface area contributed by atoms with Gasteiger partial charge < -0.3 is 4.90 Å². The topological polar surface area (TPSA) is 3.24 Å². The van der Waals surface area contributed by atoms with Crippen molar-refractivity contribution in [2.45, 2.75) is 0 Å². The van der Waals surface area contributed by atoms with Gasteiger partial charge in [-0.15, -0.1) is 11.3 Å². The lowest BCUT2D eigenvalue weighted by Gasteiger charge is -2.26. The Kier molecular flexibility index (Phi) is 7.07. The van der Waals surface area contributed by atoms with Crippen LogP contribution < -0.4 is 4.90 Å². The summed E-state index contributed by atoms with van der Waals surface area (Å²) in [6.07, 6.45) is 0. The first kappa shape index (κ1) is 28.3. The fourth-order valence-electron chi connectivity index (χ4n) is 6.80. The van der Waals surface area contributed by atoms with Gasteiger partial charge in [0.15, 0.2) is 0 Å². The van der Waals surface area contributed by atoms with Gasteiger partial charge in [0, 0.05) is 26.8 Å². The Morgan fingerprint density at radius 1 is 0.333 bits per heavy atom. The Hall–Kier alpha value is -5.96. The number of nitrogens with zero attached hydrogens (tertiary/aromatic N) is 1. The highest BCUT2D eigenvalue weighted by Crippen LogP contribution is 2.45. The molecule has 0 radical (unpaired) electrons. The van der Waals surface area contributed by atoms with Crippen LogP contribution >= 0.6 is 11.3 Å². The lowest BCUT2D eigenvalue weighted by Crippen LogP contribution is -2.10. The van der Waals surface area contributed by atoms with Gasteiger partial charge in [-0.05, 0) is 86.6 Å². The van der Waals surface area contributed by atoms with E-state index in [9.17, 15) is 0 Å². The number of hydrogen-bond acceptors (Lipinski definition) is 2. The standard InChI is InChI=1S/C46H31NS/c1-2-9-32(10-3-1)34-17-19-35(20-18-34)36-23-27-40(28-24-36)47(44-15-8-14-43-42-13-6-7-16-45(42)48-46(43)44)41-29-25-37(26-30-41)39-22-21-33-11-4-5-12-38(33)31-39/h1-31H. The van der Waals surface area contributed by atoms with E-state index in [1.54, 1.807) is 0 Å². The molecule has 0 saturated heterocycles. The molecule has 226 valence electrons. The van der Waals surface area contributed by atoms with Crippen LogP contribution in [0.4, 0.5) is 17.1 Å². The number of rotatable bonds is 6. The van der Waals surface area contributed by atoms with E-state index in [4.69, 9.17) is 0 Å². The Bertz CT molecular complexity index is 2530. The third-order valence-corrected chi connectivity index (χ3v) is 10.5. The molecule has 1 aromatic heterocycles. The summed E-state index contributed by atoms with van der Waals surface area (Å²) < 4.78 is 2.60. The lowest BCUT2D eigenvalue weighted by molar-refractivity contribution is 1.30. The Balaban J connectivity index is 1.12. The van der Waals surface area contributed by atoms with E-state index in [0.717, 1.165) is 11.4 Å². The maximum Gasteiger partial charge on any atom is 0.0640 e. The molecule has 1 heterocycles. The third kappa shape index (κ3) is 5.13. The van der Waals surface area contributed by atoms with Gasteiger partial charge in [0.05, 0.1) is 10.4 Å². The molecule has 0 atom stereocenters. The van der Waals surface area contributed by atoms with Crippen LogP contribution in [0.1, 0.15) is 0 Å². The van der Waals surface area contributed by atoms with Gasteiger partial charge in [0.1, 0.15) is 0 Å². The van der Waals surface area contributed by atoms with Crippen molar-refractivity contribution in [1.82, 2.24) is 0 Å². The van der Waals surface area contributed by atoms with Crippen LogP contribution in [-0.2, 0) is 0 Å². The monoisotopic (exact) mass is 629 g/mol. The van der Waals surface area contributed by atoms with Gasteiger partial charge in [-0.3, -0.25) is 0 Å². The van der Waals surface area contributed by atoms with Crippen molar-refractivity contribution in [3.63, 3.8) is 0 Å². The maximum absolute atomic E-state index is 2.41. The van der Waals surface area contributed by atoms with Crippen molar-refractivity contribution in [1.29, 1.82) is 0 Å². The number of thiophene rings is 1. The zero-order chi connectivity index (χ0) is 31.9. The molecule has 1 nitrogen and oxygen atoms in total. The van der Waals surface area contributed by atoms with Gasteiger partial charge in [-0.25, -0.2) is 0 Å². The van der Waals surface area contributed by atoms with Crippen LogP contribution in [0.2, 0.25) is 0 Å². The van der Waals surface area contributed by atoms with Crippen LogP contribution in [0.3, 0.4) is 0 Å². The number of fused-ring (bicyclic) bond motifs is 4. The lowest BCUT2D eigenvalue weighted by atomic mass is 9.99. The van der Waals surface area contributed by atoms with E-state index in [0.29, 0.717) is 0 Å². The molecule has 48 heavy (non-hydrogen) atoms. The van der Waals surface area contributed by atoms with Crippen molar-refractivity contribution < 1.29 is 0 Å². The molecule has 0 bridgehead atoms. The second-order valence-corrected chi connectivity index (χ2v) is 13.2. The van der Waals surface area contributed by atoms with Crippen LogP contribution in [0.25, 0.3) is 64.3 Å². The maximum atomic E-state index is 2.41. The van der Waals surface area contributed by atoms with Gasteiger partial charge in [0.2, 0.25) is 0 Å². The minimum Gasteiger partial charge on any atom is -0.309 e. The summed E-state index contributed by atoms with van der Waals surface area (Å²) in [7, 11) is 0. The normalized spacial score (nSPS) is 11.3. The summed E-state index contributed by atoms with van der Waals surface area (Å²) in [5.74, 6) is 0. The minimum atomic E-state index is 1.13. The summed E-state index contributed by atoms with van der Waals surface area (Å²) in [6, 6.07) is 68.1. The zero-order valence-electron chi connectivity index (χ0n) is 26.3. The van der Waals surface area contributed by atoms with E-state index < -0.39 is 0 Å². The smallest absolute Gasteiger partial charge is 0.0640 e. The molecular weight excluding hydrogens is 599 g/mol. The third-order valence-electron chi connectivity index (χ3n) is 9.28. The number of hydrogen-bond donors (Lipinski definition) is 0. The predicted molar refractivity (Wildman–Crippen MR) is 208 cm³/mol. The molecule has 9 rings (SSSR count). The van der Waals surface area contributed by atoms with Crippen molar-refractivity contribution in [3.8, 4) is 33.4 Å². The molecule has 0 saturated carbocycles. The molecule has 0 aliphatic carbocycles. The molecule has 0 aliphatic rings. The van der Waals surface area contributed by atoms with Crippen LogP contribution in [0.15, 0.2) is 188 Å². The average molecular weight is 630 g/mol. The molecule has 0 amide bonds. The van der Waals surface area contributed by atoms with Crippen LogP contribution in [0.5, 0.6) is 0 Å². The van der Waals surface area contributed by atoms with E-state index in [-0.39, 0.29) is 0 Å². The van der Waals surface area contributed by atoms with Gasteiger partial charge in [-0.1, -0.05) is 146 Å². The van der Waals surface area contributed by atoms with Crippen molar-refractivity contribution in [3.05, 3.63) is 188 Å². The van der Waals surface area contributed by atoms with Gasteiger partial charge in [-0.2, -0.15) is 0 Å². The quantitative estimate of drug-likeness (QED) is 0.177. The van der Waals surface area contributed by atoms with E-state index in [1.807, 2.05) is 11.3 Å². The molecule has 0 fully saturated rings. The van der Waals surface area contributed by atoms with Crippen molar-refractivity contribution in [2.24, 2.45) is 0 Å². The largest absolute Gasteiger partial charge is 0.309 e. The second-order valence-electron chi connectivity index (χ2n) is 12.2. The summed E-state index contributed by atoms with van der Waals surface area (Å²) in [5, 5.41) is 5.12. The zero-order valence-corrected chi connectivity index (χ0v) is 27.1. The highest BCUT2D eigenvalue weighted by molar-refractivity contribution is 7.26. The molecule has 0 aliphatic heterocycles. The van der Waals surface area contributed by atoms with Gasteiger partial charge >= 0.3 is 0 Å². The van der Waals surface area contributed by atoms with Crippen molar-refractivity contribution in [2.75, 3.05) is 4.90 Å². The summed E-state index contributed by atoms with van der Waals surface area (Å²) in [6.45, 7) is 0. The summed E-state index contributed by atoms with van der Waals surface area (Å²) in [4.78, 5) is 2.41. The minimum absolute atomic E-state index is 1.13. The second kappa shape index (κ2) is 12.0. The predicted octanol–water partition coefficient (Wildman–Crippen LogP) is 13.7. The number of benzene rings is 8. The molecule has 0 spiro atoms. The Morgan fingerprint density at radius 3 is 1.52 bits per heavy atom. The highest BCUT2D eigenvalue weighted by Gasteiger charge is 2.18. The highest BCUT2D eigenvalue weighted by atomic mass is 32.1. The van der Waals surface area contributed by atoms with Crippen LogP contribution in [-0.4, -0.2) is 0 Å². The van der Waals surface area contributed by atoms with E-state index >= 15 is 0 Å². The van der Waals surface area contributed by atoms with Gasteiger partial charge in [0.25, 0.3) is 0 Å².